The molecule has 0 spiro atoms. The molecule has 0 saturated heterocycles. The maximum absolute atomic E-state index is 13.1. The van der Waals surface area contributed by atoms with Gasteiger partial charge >= 0.3 is 5.97 Å². The molecule has 0 radical (unpaired) electrons. The van der Waals surface area contributed by atoms with Crippen LogP contribution in [-0.2, 0) is 27.7 Å². The standard InChI is InChI=1S/C23H33N3O6S/c1-6-12-32-19-11-10-15(33(30,31)26-20(23(28)29)14(5)7-2)13-17(19)21-24-18(9-4)16(8-3)22(27)25-21/h10-11,13-14,20,26H,6-9,12H2,1-5H3,(H,28,29)(H,24,25,27). The molecule has 2 aromatic rings. The first kappa shape index (κ1) is 26.5. The highest BCUT2D eigenvalue weighted by Gasteiger charge is 2.30. The maximum Gasteiger partial charge on any atom is 0.322 e. The molecule has 2 rings (SSSR count). The predicted octanol–water partition coefficient (Wildman–Crippen LogP) is 3.13. The summed E-state index contributed by atoms with van der Waals surface area (Å²) in [6.45, 7) is 9.56. The molecule has 9 nitrogen and oxygen atoms in total. The minimum absolute atomic E-state index is 0.142. The smallest absolute Gasteiger partial charge is 0.322 e. The van der Waals surface area contributed by atoms with Crippen molar-refractivity contribution in [3.05, 3.63) is 39.8 Å². The third-order valence-electron chi connectivity index (χ3n) is 5.53. The number of rotatable bonds is 12. The van der Waals surface area contributed by atoms with Crippen LogP contribution >= 0.6 is 0 Å². The normalized spacial score (nSPS) is 13.5. The van der Waals surface area contributed by atoms with Gasteiger partial charge in [-0.05, 0) is 43.4 Å². The summed E-state index contributed by atoms with van der Waals surface area (Å²) >= 11 is 0. The van der Waals surface area contributed by atoms with E-state index in [2.05, 4.69) is 14.7 Å². The van der Waals surface area contributed by atoms with Crippen molar-refractivity contribution in [2.24, 2.45) is 5.92 Å². The van der Waals surface area contributed by atoms with Crippen LogP contribution in [-0.4, -0.2) is 42.1 Å². The molecule has 1 aromatic carbocycles. The van der Waals surface area contributed by atoms with Gasteiger partial charge in [-0.25, -0.2) is 13.4 Å². The number of H-pyrrole nitrogens is 1. The predicted molar refractivity (Wildman–Crippen MR) is 126 cm³/mol. The van der Waals surface area contributed by atoms with E-state index in [0.717, 1.165) is 6.42 Å². The monoisotopic (exact) mass is 479 g/mol. The van der Waals surface area contributed by atoms with Gasteiger partial charge in [0.05, 0.1) is 22.8 Å². The fourth-order valence-corrected chi connectivity index (χ4v) is 4.73. The number of aliphatic carboxylic acids is 1. The van der Waals surface area contributed by atoms with Crippen molar-refractivity contribution in [1.82, 2.24) is 14.7 Å². The van der Waals surface area contributed by atoms with Crippen LogP contribution in [0.4, 0.5) is 0 Å². The Kier molecular flexibility index (Phi) is 9.18. The molecule has 1 heterocycles. The lowest BCUT2D eigenvalue weighted by molar-refractivity contribution is -0.140. The molecule has 0 amide bonds. The van der Waals surface area contributed by atoms with Gasteiger partial charge in [0.25, 0.3) is 5.56 Å². The molecule has 2 unspecified atom stereocenters. The van der Waals surface area contributed by atoms with Crippen LogP contribution in [0.3, 0.4) is 0 Å². The van der Waals surface area contributed by atoms with Crippen molar-refractivity contribution >= 4 is 16.0 Å². The van der Waals surface area contributed by atoms with Crippen LogP contribution in [0.15, 0.2) is 27.9 Å². The van der Waals surface area contributed by atoms with Gasteiger partial charge in [-0.1, -0.05) is 41.0 Å². The van der Waals surface area contributed by atoms with Gasteiger partial charge in [0.15, 0.2) is 0 Å². The van der Waals surface area contributed by atoms with Crippen molar-refractivity contribution < 1.29 is 23.1 Å². The number of hydrogen-bond acceptors (Lipinski definition) is 6. The maximum atomic E-state index is 13.1. The Morgan fingerprint density at radius 1 is 1.21 bits per heavy atom. The van der Waals surface area contributed by atoms with Crippen LogP contribution in [0.25, 0.3) is 11.4 Å². The lowest BCUT2D eigenvalue weighted by Gasteiger charge is -2.20. The number of carboxylic acids is 1. The minimum Gasteiger partial charge on any atom is -0.493 e. The summed E-state index contributed by atoms with van der Waals surface area (Å²) in [6.07, 6.45) is 2.29. The number of aromatic amines is 1. The summed E-state index contributed by atoms with van der Waals surface area (Å²) in [6, 6.07) is 2.93. The second-order valence-corrected chi connectivity index (χ2v) is 9.59. The number of aromatic nitrogens is 2. The Labute approximate surface area is 194 Å². The Hall–Kier alpha value is -2.72. The zero-order chi connectivity index (χ0) is 24.8. The lowest BCUT2D eigenvalue weighted by Crippen LogP contribution is -2.44. The molecule has 3 N–H and O–H groups in total. The molecule has 33 heavy (non-hydrogen) atoms. The van der Waals surface area contributed by atoms with Gasteiger partial charge in [-0.3, -0.25) is 9.59 Å². The van der Waals surface area contributed by atoms with Crippen LogP contribution in [0.5, 0.6) is 5.75 Å². The van der Waals surface area contributed by atoms with Crippen molar-refractivity contribution in [2.45, 2.75) is 71.2 Å². The Morgan fingerprint density at radius 3 is 2.45 bits per heavy atom. The van der Waals surface area contributed by atoms with E-state index in [1.165, 1.54) is 18.2 Å². The third-order valence-corrected chi connectivity index (χ3v) is 6.97. The van der Waals surface area contributed by atoms with E-state index in [1.54, 1.807) is 13.8 Å². The molecule has 10 heteroatoms. The van der Waals surface area contributed by atoms with Crippen LogP contribution in [0, 0.1) is 5.92 Å². The zero-order valence-electron chi connectivity index (χ0n) is 19.8. The first-order valence-electron chi connectivity index (χ1n) is 11.2. The van der Waals surface area contributed by atoms with Crippen LogP contribution in [0.2, 0.25) is 0 Å². The summed E-state index contributed by atoms with van der Waals surface area (Å²) < 4.78 is 34.2. The Morgan fingerprint density at radius 2 is 1.91 bits per heavy atom. The van der Waals surface area contributed by atoms with Gasteiger partial charge in [-0.15, -0.1) is 0 Å². The summed E-state index contributed by atoms with van der Waals surface area (Å²) in [5.41, 5.74) is 1.25. The molecular weight excluding hydrogens is 446 g/mol. The number of aryl methyl sites for hydroxylation is 1. The van der Waals surface area contributed by atoms with Crippen LogP contribution in [0.1, 0.15) is 58.7 Å². The molecule has 0 bridgehead atoms. The molecule has 0 saturated carbocycles. The number of ether oxygens (including phenoxy) is 1. The SMILES string of the molecule is CCCOc1ccc(S(=O)(=O)NC(C(=O)O)C(C)CC)cc1-c1nc(CC)c(CC)c(=O)[nH]1. The molecule has 0 fully saturated rings. The average Bonchev–Trinajstić information content (AvgIpc) is 2.79. The van der Waals surface area contributed by atoms with E-state index in [0.29, 0.717) is 48.4 Å². The number of carbonyl (C=O) groups is 1. The van der Waals surface area contributed by atoms with E-state index >= 15 is 0 Å². The van der Waals surface area contributed by atoms with Gasteiger partial charge in [0.1, 0.15) is 17.6 Å². The number of sulfonamides is 1. The molecule has 2 atom stereocenters. The second kappa shape index (κ2) is 11.4. The summed E-state index contributed by atoms with van der Waals surface area (Å²) in [5.74, 6) is -1.07. The lowest BCUT2D eigenvalue weighted by atomic mass is 10.0. The highest BCUT2D eigenvalue weighted by atomic mass is 32.2. The van der Waals surface area contributed by atoms with Crippen LogP contribution < -0.4 is 15.0 Å². The summed E-state index contributed by atoms with van der Waals surface area (Å²) in [7, 11) is -4.17. The zero-order valence-corrected chi connectivity index (χ0v) is 20.6. The first-order valence-corrected chi connectivity index (χ1v) is 12.7. The largest absolute Gasteiger partial charge is 0.493 e. The van der Waals surface area contributed by atoms with E-state index in [4.69, 9.17) is 4.74 Å². The summed E-state index contributed by atoms with van der Waals surface area (Å²) in [5, 5.41) is 9.50. The Balaban J connectivity index is 2.63. The van der Waals surface area contributed by atoms with E-state index < -0.39 is 28.0 Å². The fourth-order valence-electron chi connectivity index (χ4n) is 3.41. The molecule has 1 aromatic heterocycles. The highest BCUT2D eigenvalue weighted by Crippen LogP contribution is 2.31. The number of hydrogen-bond donors (Lipinski definition) is 3. The summed E-state index contributed by atoms with van der Waals surface area (Å²) in [4.78, 5) is 31.4. The molecule has 182 valence electrons. The van der Waals surface area contributed by atoms with Crippen molar-refractivity contribution in [2.75, 3.05) is 6.61 Å². The highest BCUT2D eigenvalue weighted by molar-refractivity contribution is 7.89. The first-order chi connectivity index (χ1) is 15.6. The van der Waals surface area contributed by atoms with Gasteiger partial charge < -0.3 is 14.8 Å². The molecule has 0 aliphatic rings. The number of benzene rings is 1. The topological polar surface area (TPSA) is 138 Å². The van der Waals surface area contributed by atoms with Gasteiger partial charge in [0, 0.05) is 5.56 Å². The molecule has 0 aliphatic heterocycles. The number of nitrogens with zero attached hydrogens (tertiary/aromatic N) is 1. The van der Waals surface area contributed by atoms with E-state index in [9.17, 15) is 23.1 Å². The number of nitrogens with one attached hydrogen (secondary N) is 2. The van der Waals surface area contributed by atoms with Crippen molar-refractivity contribution in [1.29, 1.82) is 0 Å². The third kappa shape index (κ3) is 6.20. The van der Waals surface area contributed by atoms with Gasteiger partial charge in [-0.2, -0.15) is 4.72 Å². The quantitative estimate of drug-likeness (QED) is 0.425. The average molecular weight is 480 g/mol. The van der Waals surface area contributed by atoms with E-state index in [-0.39, 0.29) is 16.3 Å². The fraction of sp³-hybridized carbons (Fsp3) is 0.522. The molecular formula is C23H33N3O6S. The second-order valence-electron chi connectivity index (χ2n) is 7.88. The Bertz CT molecular complexity index is 1140. The van der Waals surface area contributed by atoms with E-state index in [1.807, 2.05) is 20.8 Å². The van der Waals surface area contributed by atoms with Crippen molar-refractivity contribution in [3.8, 4) is 17.1 Å². The number of carboxylic acid groups (broad SMARTS) is 1. The van der Waals surface area contributed by atoms with Gasteiger partial charge in [0.2, 0.25) is 10.0 Å². The van der Waals surface area contributed by atoms with Crippen molar-refractivity contribution in [3.63, 3.8) is 0 Å². The minimum atomic E-state index is -4.17. The molecule has 0 aliphatic carbocycles.